The Balaban J connectivity index is 2.09. The first kappa shape index (κ1) is 15.5. The highest BCUT2D eigenvalue weighted by atomic mass is 15.2. The molecule has 0 radical (unpaired) electrons. The Hall–Kier alpha value is -2.35. The van der Waals surface area contributed by atoms with Gasteiger partial charge in [-0.25, -0.2) is 4.58 Å². The average Bonchev–Trinajstić information content (AvgIpc) is 2.74. The number of anilines is 1. The van der Waals surface area contributed by atoms with Gasteiger partial charge in [-0.2, -0.15) is 0 Å². The number of para-hydroxylation sites is 1. The predicted octanol–water partition coefficient (Wildman–Crippen LogP) is 4.21. The zero-order chi connectivity index (χ0) is 16.4. The quantitative estimate of drug-likeness (QED) is 0.608. The van der Waals surface area contributed by atoms with Gasteiger partial charge in [0.05, 0.1) is 0 Å². The fourth-order valence-electron chi connectivity index (χ4n) is 3.30. The highest BCUT2D eigenvalue weighted by Gasteiger charge is 2.39. The lowest BCUT2D eigenvalue weighted by Crippen LogP contribution is -2.26. The molecule has 1 aliphatic heterocycles. The number of fused-ring (bicyclic) bond motifs is 1. The number of hydrogen-bond acceptors (Lipinski definition) is 1. The number of rotatable bonds is 3. The van der Waals surface area contributed by atoms with E-state index in [1.807, 2.05) is 0 Å². The summed E-state index contributed by atoms with van der Waals surface area (Å²) >= 11 is 0. The molecule has 23 heavy (non-hydrogen) atoms. The molecule has 0 unspecified atom stereocenters. The third-order valence-electron chi connectivity index (χ3n) is 4.51. The van der Waals surface area contributed by atoms with Crippen LogP contribution in [0, 0.1) is 0 Å². The van der Waals surface area contributed by atoms with Gasteiger partial charge in [0.25, 0.3) is 0 Å². The third-order valence-corrected chi connectivity index (χ3v) is 4.51. The van der Waals surface area contributed by atoms with Crippen molar-refractivity contribution in [3.05, 3.63) is 77.5 Å². The van der Waals surface area contributed by atoms with Crippen LogP contribution in [-0.2, 0) is 12.0 Å². The fourth-order valence-corrected chi connectivity index (χ4v) is 3.30. The van der Waals surface area contributed by atoms with E-state index in [4.69, 9.17) is 0 Å². The van der Waals surface area contributed by atoms with E-state index in [0.717, 1.165) is 6.54 Å². The summed E-state index contributed by atoms with van der Waals surface area (Å²) in [7, 11) is 4.13. The Labute approximate surface area is 139 Å². The summed E-state index contributed by atoms with van der Waals surface area (Å²) in [5.41, 5.74) is 5.40. The van der Waals surface area contributed by atoms with Crippen molar-refractivity contribution in [2.45, 2.75) is 25.8 Å². The van der Waals surface area contributed by atoms with Crippen molar-refractivity contribution in [1.29, 1.82) is 0 Å². The molecule has 0 amide bonds. The zero-order valence-corrected chi connectivity index (χ0v) is 14.5. The maximum atomic E-state index is 2.45. The van der Waals surface area contributed by atoms with E-state index in [1.165, 1.54) is 22.5 Å². The molecule has 0 spiro atoms. The molecule has 2 aromatic rings. The summed E-state index contributed by atoms with van der Waals surface area (Å²) in [6.45, 7) is 5.52. The van der Waals surface area contributed by atoms with Crippen molar-refractivity contribution in [2.75, 3.05) is 19.0 Å². The molecule has 3 rings (SSSR count). The molecule has 0 saturated carbocycles. The van der Waals surface area contributed by atoms with Crippen molar-refractivity contribution >= 4 is 11.9 Å². The SMILES string of the molecule is C[N+](C)=CC=C1N(Cc2ccccc2)c2ccccc2C1(C)C. The van der Waals surface area contributed by atoms with Crippen molar-refractivity contribution < 1.29 is 4.58 Å². The monoisotopic (exact) mass is 305 g/mol. The van der Waals surface area contributed by atoms with Gasteiger partial charge in [0, 0.05) is 29.4 Å². The molecule has 0 bridgehead atoms. The van der Waals surface area contributed by atoms with Gasteiger partial charge in [0.1, 0.15) is 14.1 Å². The van der Waals surface area contributed by atoms with Crippen LogP contribution in [0.1, 0.15) is 25.0 Å². The molecular weight excluding hydrogens is 280 g/mol. The van der Waals surface area contributed by atoms with Gasteiger partial charge in [-0.1, -0.05) is 62.4 Å². The smallest absolute Gasteiger partial charge is 0.164 e. The first-order valence-electron chi connectivity index (χ1n) is 8.13. The standard InChI is InChI=1S/C21H25N2/c1-21(2)18-12-8-9-13-19(18)23(20(21)14-15-22(3)4)16-17-10-6-5-7-11-17/h5-15H,16H2,1-4H3/q+1. The van der Waals surface area contributed by atoms with Crippen LogP contribution in [0.5, 0.6) is 0 Å². The molecule has 1 heterocycles. The Morgan fingerprint density at radius 3 is 2.30 bits per heavy atom. The van der Waals surface area contributed by atoms with Gasteiger partial charge in [-0.3, -0.25) is 0 Å². The van der Waals surface area contributed by atoms with E-state index < -0.39 is 0 Å². The lowest BCUT2D eigenvalue weighted by molar-refractivity contribution is -0.458. The summed E-state index contributed by atoms with van der Waals surface area (Å²) in [4.78, 5) is 2.45. The number of benzene rings is 2. The van der Waals surface area contributed by atoms with E-state index >= 15 is 0 Å². The van der Waals surface area contributed by atoms with Gasteiger partial charge < -0.3 is 4.90 Å². The van der Waals surface area contributed by atoms with E-state index in [0.29, 0.717) is 0 Å². The number of hydrogen-bond donors (Lipinski definition) is 0. The van der Waals surface area contributed by atoms with E-state index in [9.17, 15) is 0 Å². The van der Waals surface area contributed by atoms with Gasteiger partial charge in [0.2, 0.25) is 0 Å². The molecule has 118 valence electrons. The van der Waals surface area contributed by atoms with Crippen molar-refractivity contribution in [2.24, 2.45) is 0 Å². The molecule has 0 N–H and O–H groups in total. The van der Waals surface area contributed by atoms with Crippen molar-refractivity contribution in [1.82, 2.24) is 0 Å². The lowest BCUT2D eigenvalue weighted by atomic mass is 9.84. The average molecular weight is 305 g/mol. The summed E-state index contributed by atoms with van der Waals surface area (Å²) < 4.78 is 2.09. The Kier molecular flexibility index (Phi) is 4.08. The molecule has 0 fully saturated rings. The van der Waals surface area contributed by atoms with Crippen LogP contribution in [0.3, 0.4) is 0 Å². The Morgan fingerprint density at radius 2 is 1.61 bits per heavy atom. The van der Waals surface area contributed by atoms with Gasteiger partial charge in [0.15, 0.2) is 6.21 Å². The zero-order valence-electron chi connectivity index (χ0n) is 14.5. The molecule has 2 heteroatoms. The van der Waals surface area contributed by atoms with Crippen LogP contribution < -0.4 is 4.90 Å². The summed E-state index contributed by atoms with van der Waals surface area (Å²) in [6.07, 6.45) is 4.39. The van der Waals surface area contributed by atoms with E-state index in [1.54, 1.807) is 0 Å². The molecule has 1 aliphatic rings. The van der Waals surface area contributed by atoms with Crippen LogP contribution in [0.2, 0.25) is 0 Å². The highest BCUT2D eigenvalue weighted by Crippen LogP contribution is 2.47. The fraction of sp³-hybridized carbons (Fsp3) is 0.286. The number of allylic oxidation sites excluding steroid dienone is 2. The van der Waals surface area contributed by atoms with Gasteiger partial charge in [-0.15, -0.1) is 0 Å². The van der Waals surface area contributed by atoms with E-state index in [-0.39, 0.29) is 5.41 Å². The normalized spacial score (nSPS) is 17.2. The minimum absolute atomic E-state index is 0.0118. The van der Waals surface area contributed by atoms with Crippen LogP contribution in [-0.4, -0.2) is 24.9 Å². The van der Waals surface area contributed by atoms with Crippen molar-refractivity contribution in [3.63, 3.8) is 0 Å². The maximum absolute atomic E-state index is 2.45. The second kappa shape index (κ2) is 6.04. The minimum Gasteiger partial charge on any atom is -0.339 e. The highest BCUT2D eigenvalue weighted by molar-refractivity contribution is 5.77. The Morgan fingerprint density at radius 1 is 0.957 bits per heavy atom. The second-order valence-electron chi connectivity index (χ2n) is 6.88. The topological polar surface area (TPSA) is 6.25 Å². The molecular formula is C21H25N2+. The molecule has 0 atom stereocenters. The van der Waals surface area contributed by atoms with E-state index in [2.05, 4.69) is 104 Å². The third kappa shape index (κ3) is 2.94. The van der Waals surface area contributed by atoms with Gasteiger partial charge >= 0.3 is 0 Å². The predicted molar refractivity (Wildman–Crippen MR) is 98.3 cm³/mol. The summed E-state index contributed by atoms with van der Waals surface area (Å²) in [5, 5.41) is 0. The van der Waals surface area contributed by atoms with Crippen LogP contribution in [0.25, 0.3) is 0 Å². The molecule has 0 saturated heterocycles. The van der Waals surface area contributed by atoms with Crippen molar-refractivity contribution in [3.8, 4) is 0 Å². The molecule has 0 aromatic heterocycles. The lowest BCUT2D eigenvalue weighted by Gasteiger charge is -2.26. The first-order valence-corrected chi connectivity index (χ1v) is 8.13. The Bertz CT molecular complexity index is 750. The van der Waals surface area contributed by atoms with Crippen LogP contribution in [0.15, 0.2) is 66.4 Å². The number of nitrogens with zero attached hydrogens (tertiary/aromatic N) is 2. The summed E-state index contributed by atoms with van der Waals surface area (Å²) in [6, 6.07) is 19.4. The summed E-state index contributed by atoms with van der Waals surface area (Å²) in [5.74, 6) is 0. The first-order chi connectivity index (χ1) is 11.0. The van der Waals surface area contributed by atoms with Gasteiger partial charge in [-0.05, 0) is 17.2 Å². The van der Waals surface area contributed by atoms with Crippen LogP contribution in [0.4, 0.5) is 5.69 Å². The largest absolute Gasteiger partial charge is 0.339 e. The molecule has 0 aliphatic carbocycles. The maximum Gasteiger partial charge on any atom is 0.164 e. The second-order valence-corrected chi connectivity index (χ2v) is 6.88. The molecule has 2 nitrogen and oxygen atoms in total. The van der Waals surface area contributed by atoms with Crippen LogP contribution >= 0.6 is 0 Å². The molecule has 2 aromatic carbocycles. The minimum atomic E-state index is 0.0118.